The van der Waals surface area contributed by atoms with Crippen molar-refractivity contribution in [3.05, 3.63) is 29.8 Å². The van der Waals surface area contributed by atoms with Gasteiger partial charge in [0.05, 0.1) is 11.5 Å². The summed E-state index contributed by atoms with van der Waals surface area (Å²) in [6.45, 7) is -0.232. The van der Waals surface area contributed by atoms with E-state index in [1.54, 1.807) is 12.1 Å². The Labute approximate surface area is 122 Å². The minimum Gasteiger partial charge on any atom is -0.389 e. The number of carbonyl (C=O) groups is 1. The normalized spacial score (nSPS) is 11.2. The summed E-state index contributed by atoms with van der Waals surface area (Å²) in [6.07, 6.45) is 0. The number of nitrogens with two attached hydrogens (primary N) is 2. The zero-order chi connectivity index (χ0) is 15.2. The first kappa shape index (κ1) is 16.5. The molecule has 0 aromatic heterocycles. The number of sulfonamides is 1. The van der Waals surface area contributed by atoms with Crippen molar-refractivity contribution in [2.75, 3.05) is 19.8 Å². The van der Waals surface area contributed by atoms with E-state index in [4.69, 9.17) is 28.4 Å². The molecule has 0 radical (unpaired) electrons. The largest absolute Gasteiger partial charge is 0.389 e. The monoisotopic (exact) mass is 317 g/mol. The van der Waals surface area contributed by atoms with Crippen molar-refractivity contribution in [3.63, 3.8) is 0 Å². The van der Waals surface area contributed by atoms with Gasteiger partial charge in [0.1, 0.15) is 11.6 Å². The van der Waals surface area contributed by atoms with Crippen LogP contribution < -0.4 is 16.2 Å². The van der Waals surface area contributed by atoms with Crippen molar-refractivity contribution in [2.24, 2.45) is 11.5 Å². The smallest absolute Gasteiger partial charge is 0.243 e. The minimum absolute atomic E-state index is 0.00127. The van der Waals surface area contributed by atoms with E-state index in [-0.39, 0.29) is 35.2 Å². The lowest BCUT2D eigenvalue weighted by atomic mass is 10.2. The van der Waals surface area contributed by atoms with Gasteiger partial charge >= 0.3 is 0 Å². The molecule has 5 N–H and O–H groups in total. The maximum absolute atomic E-state index is 12.1. The Morgan fingerprint density at radius 3 is 2.55 bits per heavy atom. The molecule has 9 heteroatoms. The van der Waals surface area contributed by atoms with E-state index < -0.39 is 15.9 Å². The van der Waals surface area contributed by atoms with Crippen LogP contribution in [0.15, 0.2) is 29.2 Å². The number of primary amides is 1. The summed E-state index contributed by atoms with van der Waals surface area (Å²) in [5, 5.41) is 0. The number of hydrogen-bond acceptors (Lipinski definition) is 5. The molecule has 20 heavy (non-hydrogen) atoms. The first-order valence-corrected chi connectivity index (χ1v) is 7.48. The number of nitrogens with one attached hydrogen (secondary N) is 1. The topological polar surface area (TPSA) is 125 Å². The SMILES string of the molecule is NC(=O)COCCNS(=O)(=O)c1ccccc1C(N)=S. The molecule has 0 unspecified atom stereocenters. The molecular formula is C11H15N3O4S2. The third-order valence-electron chi connectivity index (χ3n) is 2.22. The van der Waals surface area contributed by atoms with Crippen LogP contribution in [-0.2, 0) is 19.6 Å². The lowest BCUT2D eigenvalue weighted by Gasteiger charge is -2.10. The number of carbonyl (C=O) groups excluding carboxylic acids is 1. The molecule has 0 aliphatic carbocycles. The summed E-state index contributed by atoms with van der Waals surface area (Å²) in [6, 6.07) is 6.14. The molecule has 1 amide bonds. The van der Waals surface area contributed by atoms with Gasteiger partial charge in [0, 0.05) is 12.1 Å². The maximum Gasteiger partial charge on any atom is 0.243 e. The van der Waals surface area contributed by atoms with Gasteiger partial charge in [-0.1, -0.05) is 30.4 Å². The van der Waals surface area contributed by atoms with Crippen molar-refractivity contribution in [1.29, 1.82) is 0 Å². The molecule has 0 aliphatic rings. The number of ether oxygens (including phenoxy) is 1. The predicted octanol–water partition coefficient (Wildman–Crippen LogP) is -0.899. The first-order valence-electron chi connectivity index (χ1n) is 5.59. The molecule has 1 aromatic carbocycles. The van der Waals surface area contributed by atoms with Crippen LogP contribution in [-0.4, -0.2) is 39.1 Å². The highest BCUT2D eigenvalue weighted by atomic mass is 32.2. The fourth-order valence-electron chi connectivity index (χ4n) is 1.40. The van der Waals surface area contributed by atoms with Crippen LogP contribution in [0.3, 0.4) is 0 Å². The van der Waals surface area contributed by atoms with Crippen molar-refractivity contribution < 1.29 is 17.9 Å². The summed E-state index contributed by atoms with van der Waals surface area (Å²) in [4.78, 5) is 10.4. The molecule has 0 aliphatic heterocycles. The highest BCUT2D eigenvalue weighted by Crippen LogP contribution is 2.14. The van der Waals surface area contributed by atoms with Gasteiger partial charge in [-0.05, 0) is 6.07 Å². The predicted molar refractivity (Wildman–Crippen MR) is 77.5 cm³/mol. The van der Waals surface area contributed by atoms with Gasteiger partial charge in [0.15, 0.2) is 0 Å². The molecular weight excluding hydrogens is 302 g/mol. The molecule has 1 rings (SSSR count). The average molecular weight is 317 g/mol. The van der Waals surface area contributed by atoms with Crippen molar-refractivity contribution in [3.8, 4) is 0 Å². The van der Waals surface area contributed by atoms with E-state index in [9.17, 15) is 13.2 Å². The van der Waals surface area contributed by atoms with Crippen LogP contribution in [0.5, 0.6) is 0 Å². The highest BCUT2D eigenvalue weighted by molar-refractivity contribution is 7.89. The molecule has 0 fully saturated rings. The standard InChI is InChI=1S/C11H15N3O4S2/c12-10(15)7-18-6-5-14-20(16,17)9-4-2-1-3-8(9)11(13)19/h1-4,14H,5-7H2,(H2,12,15)(H2,13,19). The van der Waals surface area contributed by atoms with Crippen LogP contribution in [0, 0.1) is 0 Å². The van der Waals surface area contributed by atoms with Crippen LogP contribution >= 0.6 is 12.2 Å². The summed E-state index contributed by atoms with van der Waals surface area (Å²) < 4.78 is 31.3. The Morgan fingerprint density at radius 1 is 1.30 bits per heavy atom. The second-order valence-electron chi connectivity index (χ2n) is 3.78. The molecule has 0 heterocycles. The lowest BCUT2D eigenvalue weighted by Crippen LogP contribution is -2.30. The van der Waals surface area contributed by atoms with Gasteiger partial charge in [-0.15, -0.1) is 0 Å². The average Bonchev–Trinajstić information content (AvgIpc) is 2.37. The van der Waals surface area contributed by atoms with E-state index >= 15 is 0 Å². The second-order valence-corrected chi connectivity index (χ2v) is 5.95. The van der Waals surface area contributed by atoms with Gasteiger partial charge in [0.25, 0.3) is 0 Å². The number of thiocarbonyl (C=S) groups is 1. The van der Waals surface area contributed by atoms with Crippen LogP contribution in [0.25, 0.3) is 0 Å². The van der Waals surface area contributed by atoms with E-state index in [1.807, 2.05) is 0 Å². The van der Waals surface area contributed by atoms with E-state index in [1.165, 1.54) is 12.1 Å². The van der Waals surface area contributed by atoms with E-state index in [2.05, 4.69) is 4.72 Å². The van der Waals surface area contributed by atoms with E-state index in [0.29, 0.717) is 0 Å². The fraction of sp³-hybridized carbons (Fsp3) is 0.273. The van der Waals surface area contributed by atoms with Gasteiger partial charge < -0.3 is 16.2 Å². The minimum atomic E-state index is -3.75. The third-order valence-corrected chi connectivity index (χ3v) is 3.96. The Balaban J connectivity index is 2.70. The molecule has 110 valence electrons. The molecule has 0 bridgehead atoms. The van der Waals surface area contributed by atoms with E-state index in [0.717, 1.165) is 0 Å². The van der Waals surface area contributed by atoms with Crippen LogP contribution in [0.1, 0.15) is 5.56 Å². The van der Waals surface area contributed by atoms with Gasteiger partial charge in [-0.25, -0.2) is 13.1 Å². The van der Waals surface area contributed by atoms with Crippen molar-refractivity contribution in [1.82, 2.24) is 4.72 Å². The molecule has 1 aromatic rings. The number of benzene rings is 1. The lowest BCUT2D eigenvalue weighted by molar-refractivity contribution is -0.122. The summed E-state index contributed by atoms with van der Waals surface area (Å²) in [5.74, 6) is -0.619. The molecule has 0 saturated carbocycles. The molecule has 7 nitrogen and oxygen atoms in total. The van der Waals surface area contributed by atoms with Gasteiger partial charge in [-0.2, -0.15) is 0 Å². The summed E-state index contributed by atoms with van der Waals surface area (Å²) in [7, 11) is -3.75. The summed E-state index contributed by atoms with van der Waals surface area (Å²) >= 11 is 4.81. The number of amides is 1. The highest BCUT2D eigenvalue weighted by Gasteiger charge is 2.18. The van der Waals surface area contributed by atoms with Gasteiger partial charge in [-0.3, -0.25) is 4.79 Å². The Hall–Kier alpha value is -1.55. The fourth-order valence-corrected chi connectivity index (χ4v) is 2.88. The third kappa shape index (κ3) is 4.85. The maximum atomic E-state index is 12.1. The Kier molecular flexibility index (Phi) is 6.02. The Bertz CT molecular complexity index is 601. The molecule has 0 spiro atoms. The Morgan fingerprint density at radius 2 is 1.95 bits per heavy atom. The zero-order valence-corrected chi connectivity index (χ0v) is 12.2. The van der Waals surface area contributed by atoms with Gasteiger partial charge in [0.2, 0.25) is 15.9 Å². The zero-order valence-electron chi connectivity index (χ0n) is 10.5. The van der Waals surface area contributed by atoms with Crippen molar-refractivity contribution >= 4 is 33.1 Å². The summed E-state index contributed by atoms with van der Waals surface area (Å²) in [5.41, 5.74) is 10.6. The molecule has 0 saturated heterocycles. The second kappa shape index (κ2) is 7.29. The first-order chi connectivity index (χ1) is 9.34. The van der Waals surface area contributed by atoms with Crippen molar-refractivity contribution in [2.45, 2.75) is 4.90 Å². The number of hydrogen-bond donors (Lipinski definition) is 3. The molecule has 0 atom stereocenters. The van der Waals surface area contributed by atoms with Crippen LogP contribution in [0.2, 0.25) is 0 Å². The quantitative estimate of drug-likeness (QED) is 0.421. The number of rotatable bonds is 8. The van der Waals surface area contributed by atoms with Crippen LogP contribution in [0.4, 0.5) is 0 Å².